The third kappa shape index (κ3) is 4.12. The highest BCUT2D eigenvalue weighted by Gasteiger charge is 2.17. The lowest BCUT2D eigenvalue weighted by atomic mass is 10.0. The minimum Gasteiger partial charge on any atom is -0.497 e. The molecule has 1 rings (SSSR count). The molecule has 1 unspecified atom stereocenters. The van der Waals surface area contributed by atoms with Crippen LogP contribution >= 0.6 is 22.6 Å². The lowest BCUT2D eigenvalue weighted by Crippen LogP contribution is -2.13. The topological polar surface area (TPSA) is 38.7 Å². The summed E-state index contributed by atoms with van der Waals surface area (Å²) < 4.78 is 10.9. The third-order valence-electron chi connectivity index (χ3n) is 2.23. The predicted octanol–water partition coefficient (Wildman–Crippen LogP) is 2.40. The van der Waals surface area contributed by atoms with Gasteiger partial charge in [-0.25, -0.2) is 0 Å². The fourth-order valence-corrected chi connectivity index (χ4v) is 2.31. The molecule has 0 fully saturated rings. The minimum atomic E-state index is 0.0500. The quantitative estimate of drug-likeness (QED) is 0.463. The van der Waals surface area contributed by atoms with Gasteiger partial charge in [0, 0.05) is 12.2 Å². The first kappa shape index (κ1) is 13.0. The number of halogens is 1. The van der Waals surface area contributed by atoms with Crippen LogP contribution < -0.4 is 0 Å². The molecule has 0 heterocycles. The van der Waals surface area contributed by atoms with Crippen molar-refractivity contribution in [1.29, 1.82) is 0 Å². The molecule has 1 aliphatic rings. The van der Waals surface area contributed by atoms with Gasteiger partial charge in [0.15, 0.2) is 0 Å². The van der Waals surface area contributed by atoms with Gasteiger partial charge in [-0.1, -0.05) is 6.08 Å². The van der Waals surface area contributed by atoms with E-state index >= 15 is 0 Å². The van der Waals surface area contributed by atoms with Gasteiger partial charge in [-0.2, -0.15) is 0 Å². The fourth-order valence-electron chi connectivity index (χ4n) is 1.44. The van der Waals surface area contributed by atoms with Crippen LogP contribution in [0, 0.1) is 0 Å². The molecule has 0 radical (unpaired) electrons. The molecule has 0 aromatic heterocycles. The largest absolute Gasteiger partial charge is 0.497 e. The van der Waals surface area contributed by atoms with E-state index in [1.165, 1.54) is 5.57 Å². The summed E-state index contributed by atoms with van der Waals surface area (Å²) in [6, 6.07) is 0. The maximum atomic E-state index is 8.66. The van der Waals surface area contributed by atoms with Crippen LogP contribution in [0.25, 0.3) is 0 Å². The average Bonchev–Trinajstić information content (AvgIpc) is 2.29. The molecule has 0 spiro atoms. The van der Waals surface area contributed by atoms with Gasteiger partial charge in [0.1, 0.15) is 9.87 Å². The van der Waals surface area contributed by atoms with Crippen LogP contribution in [-0.2, 0) is 9.47 Å². The van der Waals surface area contributed by atoms with Gasteiger partial charge in [0.25, 0.3) is 0 Å². The van der Waals surface area contributed by atoms with Crippen molar-refractivity contribution in [3.8, 4) is 0 Å². The lowest BCUT2D eigenvalue weighted by molar-refractivity contribution is 0.118. The summed E-state index contributed by atoms with van der Waals surface area (Å²) in [6.45, 7) is 0.772. The Morgan fingerprint density at radius 2 is 2.40 bits per heavy atom. The van der Waals surface area contributed by atoms with Crippen molar-refractivity contribution in [2.45, 2.75) is 23.4 Å². The molecule has 0 aromatic rings. The van der Waals surface area contributed by atoms with Gasteiger partial charge in [0.2, 0.25) is 0 Å². The van der Waals surface area contributed by atoms with Crippen LogP contribution in [0.3, 0.4) is 0 Å². The molecule has 86 valence electrons. The molecular weight excluding hydrogens is 307 g/mol. The number of allylic oxidation sites excluding steroid dienone is 2. The van der Waals surface area contributed by atoms with Crippen molar-refractivity contribution in [2.75, 3.05) is 20.3 Å². The normalized spacial score (nSPS) is 18.1. The number of aliphatic hydroxyl groups excluding tert-OH is 1. The maximum absolute atomic E-state index is 8.66. The predicted molar refractivity (Wildman–Crippen MR) is 67.9 cm³/mol. The Kier molecular flexibility index (Phi) is 6.28. The Labute approximate surface area is 104 Å². The molecule has 0 saturated carbocycles. The monoisotopic (exact) mass is 324 g/mol. The number of rotatable bonds is 6. The maximum Gasteiger partial charge on any atom is 0.133 e. The average molecular weight is 324 g/mol. The zero-order valence-electron chi connectivity index (χ0n) is 8.91. The number of ether oxygens (including phenoxy) is 2. The molecule has 1 atom stereocenters. The number of hydrogen-bond acceptors (Lipinski definition) is 3. The van der Waals surface area contributed by atoms with E-state index in [9.17, 15) is 0 Å². The Bertz CT molecular complexity index is 248. The van der Waals surface area contributed by atoms with Crippen molar-refractivity contribution < 1.29 is 14.6 Å². The Balaban J connectivity index is 2.51. The van der Waals surface area contributed by atoms with Gasteiger partial charge < -0.3 is 14.6 Å². The van der Waals surface area contributed by atoms with Crippen molar-refractivity contribution in [3.05, 3.63) is 23.5 Å². The minimum absolute atomic E-state index is 0.0500. The van der Waals surface area contributed by atoms with E-state index in [1.54, 1.807) is 7.11 Å². The van der Waals surface area contributed by atoms with Crippen molar-refractivity contribution in [2.24, 2.45) is 0 Å². The van der Waals surface area contributed by atoms with Gasteiger partial charge in [0.05, 0.1) is 13.7 Å². The first-order valence-corrected chi connectivity index (χ1v) is 6.34. The molecule has 15 heavy (non-hydrogen) atoms. The second kappa shape index (κ2) is 7.24. The molecule has 1 aliphatic carbocycles. The highest BCUT2D eigenvalue weighted by Crippen LogP contribution is 2.27. The van der Waals surface area contributed by atoms with Gasteiger partial charge >= 0.3 is 0 Å². The van der Waals surface area contributed by atoms with Crippen LogP contribution in [-0.4, -0.2) is 29.5 Å². The fraction of sp³-hybridized carbons (Fsp3) is 0.636. The van der Waals surface area contributed by atoms with E-state index in [0.717, 1.165) is 18.6 Å². The Morgan fingerprint density at radius 1 is 1.60 bits per heavy atom. The first-order chi connectivity index (χ1) is 7.29. The molecule has 0 bridgehead atoms. The van der Waals surface area contributed by atoms with Crippen LogP contribution in [0.1, 0.15) is 19.3 Å². The summed E-state index contributed by atoms with van der Waals surface area (Å²) in [7, 11) is 1.68. The summed E-state index contributed by atoms with van der Waals surface area (Å²) >= 11 is 2.26. The molecule has 0 saturated heterocycles. The van der Waals surface area contributed by atoms with E-state index in [2.05, 4.69) is 28.7 Å². The van der Waals surface area contributed by atoms with Crippen molar-refractivity contribution in [1.82, 2.24) is 0 Å². The lowest BCUT2D eigenvalue weighted by Gasteiger charge is -2.20. The van der Waals surface area contributed by atoms with Crippen LogP contribution in [0.4, 0.5) is 0 Å². The summed E-state index contributed by atoms with van der Waals surface area (Å²) in [6.07, 6.45) is 6.84. The molecule has 0 amide bonds. The molecule has 3 nitrogen and oxygen atoms in total. The van der Waals surface area contributed by atoms with E-state index < -0.39 is 0 Å². The van der Waals surface area contributed by atoms with Crippen LogP contribution in [0.15, 0.2) is 23.5 Å². The van der Waals surface area contributed by atoms with E-state index in [-0.39, 0.29) is 10.7 Å². The van der Waals surface area contributed by atoms with E-state index in [1.807, 2.05) is 6.08 Å². The highest BCUT2D eigenvalue weighted by atomic mass is 127. The summed E-state index contributed by atoms with van der Waals surface area (Å²) in [4.78, 5) is 0. The second-order valence-corrected chi connectivity index (χ2v) is 4.43. The first-order valence-electron chi connectivity index (χ1n) is 5.09. The standard InChI is InChI=1S/C11H17IO3/c1-14-10-6-3-2-5-9(10)11(12)15-8-4-7-13/h3,6,11,13H,2,4-5,7-8H2,1H3. The Morgan fingerprint density at radius 3 is 3.07 bits per heavy atom. The molecule has 1 N–H and O–H groups in total. The van der Waals surface area contributed by atoms with E-state index in [4.69, 9.17) is 14.6 Å². The van der Waals surface area contributed by atoms with Gasteiger partial charge in [-0.15, -0.1) is 0 Å². The van der Waals surface area contributed by atoms with E-state index in [0.29, 0.717) is 13.0 Å². The van der Waals surface area contributed by atoms with Crippen LogP contribution in [0.5, 0.6) is 0 Å². The zero-order valence-corrected chi connectivity index (χ0v) is 11.1. The molecule has 4 heteroatoms. The second-order valence-electron chi connectivity index (χ2n) is 3.30. The summed E-state index contributed by atoms with van der Waals surface area (Å²) in [5.41, 5.74) is 1.21. The zero-order chi connectivity index (χ0) is 11.1. The van der Waals surface area contributed by atoms with Gasteiger partial charge in [-0.3, -0.25) is 0 Å². The van der Waals surface area contributed by atoms with Crippen molar-refractivity contribution >= 4 is 22.6 Å². The van der Waals surface area contributed by atoms with Gasteiger partial charge in [-0.05, 0) is 47.9 Å². The molecule has 0 aromatic carbocycles. The molecule has 0 aliphatic heterocycles. The van der Waals surface area contributed by atoms with Crippen molar-refractivity contribution in [3.63, 3.8) is 0 Å². The summed E-state index contributed by atoms with van der Waals surface area (Å²) in [5.74, 6) is 0.921. The number of aliphatic hydroxyl groups is 1. The SMILES string of the molecule is COC1=C(C(I)OCCCO)CCC=C1. The Hall–Kier alpha value is -0.0700. The van der Waals surface area contributed by atoms with Crippen LogP contribution in [0.2, 0.25) is 0 Å². The number of methoxy groups -OCH3 is 1. The number of alkyl halides is 1. The molecular formula is C11H17IO3. The highest BCUT2D eigenvalue weighted by molar-refractivity contribution is 14.1. The third-order valence-corrected chi connectivity index (χ3v) is 3.34. The smallest absolute Gasteiger partial charge is 0.133 e. The number of hydrogen-bond donors (Lipinski definition) is 1. The summed E-state index contributed by atoms with van der Waals surface area (Å²) in [5, 5.41) is 8.66.